The molecular formula is C15H22ClN. The summed E-state index contributed by atoms with van der Waals surface area (Å²) in [6, 6.07) is 11.4. The van der Waals surface area contributed by atoms with E-state index in [2.05, 4.69) is 35.6 Å². The highest BCUT2D eigenvalue weighted by Gasteiger charge is 2.25. The number of hydrogen-bond acceptors (Lipinski definition) is 1. The van der Waals surface area contributed by atoms with E-state index in [1.807, 2.05) is 0 Å². The average Bonchev–Trinajstić information content (AvgIpc) is 2.83. The molecule has 94 valence electrons. The van der Waals surface area contributed by atoms with Crippen molar-refractivity contribution < 1.29 is 0 Å². The van der Waals surface area contributed by atoms with Crippen LogP contribution in [0.15, 0.2) is 30.3 Å². The Morgan fingerprint density at radius 1 is 1.18 bits per heavy atom. The van der Waals surface area contributed by atoms with Gasteiger partial charge in [-0.05, 0) is 43.7 Å². The largest absolute Gasteiger partial charge is 0.314 e. The Balaban J connectivity index is 1.63. The van der Waals surface area contributed by atoms with Gasteiger partial charge in [-0.3, -0.25) is 0 Å². The van der Waals surface area contributed by atoms with Crippen molar-refractivity contribution in [1.82, 2.24) is 5.32 Å². The third kappa shape index (κ3) is 4.01. The van der Waals surface area contributed by atoms with Crippen molar-refractivity contribution in [3.8, 4) is 0 Å². The van der Waals surface area contributed by atoms with Gasteiger partial charge in [0.05, 0.1) is 0 Å². The van der Waals surface area contributed by atoms with Gasteiger partial charge >= 0.3 is 0 Å². The highest BCUT2D eigenvalue weighted by molar-refractivity contribution is 6.18. The first-order chi connectivity index (χ1) is 8.40. The Morgan fingerprint density at radius 2 is 2.00 bits per heavy atom. The number of rotatable bonds is 6. The molecule has 1 aromatic carbocycles. The van der Waals surface area contributed by atoms with Crippen molar-refractivity contribution in [3.63, 3.8) is 0 Å². The zero-order valence-corrected chi connectivity index (χ0v) is 11.1. The van der Waals surface area contributed by atoms with Crippen molar-refractivity contribution in [2.24, 2.45) is 5.92 Å². The van der Waals surface area contributed by atoms with Crippen molar-refractivity contribution in [2.75, 3.05) is 12.4 Å². The molecule has 0 bridgehead atoms. The summed E-state index contributed by atoms with van der Waals surface area (Å²) in [4.78, 5) is 0. The van der Waals surface area contributed by atoms with Crippen LogP contribution < -0.4 is 5.32 Å². The van der Waals surface area contributed by atoms with Gasteiger partial charge in [-0.15, -0.1) is 11.6 Å². The number of nitrogens with one attached hydrogen (secondary N) is 1. The third-order valence-electron chi connectivity index (χ3n) is 3.75. The quantitative estimate of drug-likeness (QED) is 0.602. The van der Waals surface area contributed by atoms with Crippen LogP contribution in [0.2, 0.25) is 0 Å². The highest BCUT2D eigenvalue weighted by atomic mass is 35.5. The molecule has 0 aliphatic heterocycles. The predicted molar refractivity (Wildman–Crippen MR) is 74.6 cm³/mol. The van der Waals surface area contributed by atoms with Crippen LogP contribution in [0.3, 0.4) is 0 Å². The minimum Gasteiger partial charge on any atom is -0.314 e. The Kier molecular flexibility index (Phi) is 5.34. The summed E-state index contributed by atoms with van der Waals surface area (Å²) >= 11 is 5.97. The zero-order chi connectivity index (χ0) is 11.9. The molecular weight excluding hydrogens is 230 g/mol. The molecule has 0 amide bonds. The van der Waals surface area contributed by atoms with Crippen molar-refractivity contribution in [3.05, 3.63) is 35.9 Å². The fourth-order valence-corrected chi connectivity index (χ4v) is 3.08. The second-order valence-corrected chi connectivity index (χ2v) is 5.30. The van der Waals surface area contributed by atoms with Gasteiger partial charge in [0, 0.05) is 11.9 Å². The molecule has 1 nitrogen and oxygen atoms in total. The molecule has 1 fully saturated rings. The van der Waals surface area contributed by atoms with E-state index in [1.54, 1.807) is 0 Å². The van der Waals surface area contributed by atoms with Gasteiger partial charge in [0.1, 0.15) is 0 Å². The maximum Gasteiger partial charge on any atom is 0.0266 e. The lowest BCUT2D eigenvalue weighted by molar-refractivity contribution is 0.428. The van der Waals surface area contributed by atoms with Crippen LogP contribution in [-0.4, -0.2) is 18.5 Å². The molecule has 0 heterocycles. The van der Waals surface area contributed by atoms with Gasteiger partial charge in [0.15, 0.2) is 0 Å². The number of aryl methyl sites for hydroxylation is 1. The van der Waals surface area contributed by atoms with Gasteiger partial charge < -0.3 is 5.32 Å². The topological polar surface area (TPSA) is 12.0 Å². The van der Waals surface area contributed by atoms with Crippen LogP contribution in [0, 0.1) is 5.92 Å². The molecule has 0 radical (unpaired) electrons. The van der Waals surface area contributed by atoms with Crippen molar-refractivity contribution in [2.45, 2.75) is 38.1 Å². The maximum absolute atomic E-state index is 5.97. The molecule has 2 unspecified atom stereocenters. The fraction of sp³-hybridized carbons (Fsp3) is 0.600. The van der Waals surface area contributed by atoms with Gasteiger partial charge in [0.25, 0.3) is 0 Å². The normalized spacial score (nSPS) is 24.1. The standard InChI is InChI=1S/C15H22ClN/c16-12-14-9-4-10-15(14)17-11-5-8-13-6-2-1-3-7-13/h1-3,6-7,14-15,17H,4-5,8-12H2. The van der Waals surface area contributed by atoms with E-state index in [4.69, 9.17) is 11.6 Å². The van der Waals surface area contributed by atoms with Gasteiger partial charge in [0.2, 0.25) is 0 Å². The van der Waals surface area contributed by atoms with E-state index in [1.165, 1.54) is 37.7 Å². The molecule has 17 heavy (non-hydrogen) atoms. The lowest BCUT2D eigenvalue weighted by Crippen LogP contribution is -2.34. The number of halogens is 1. The number of alkyl halides is 1. The predicted octanol–water partition coefficient (Wildman–Crippen LogP) is 3.62. The Morgan fingerprint density at radius 3 is 2.76 bits per heavy atom. The van der Waals surface area contributed by atoms with Crippen molar-refractivity contribution >= 4 is 11.6 Å². The minimum absolute atomic E-state index is 0.670. The summed E-state index contributed by atoms with van der Waals surface area (Å²) in [6.45, 7) is 1.12. The van der Waals surface area contributed by atoms with Crippen LogP contribution in [0.4, 0.5) is 0 Å². The molecule has 2 rings (SSSR count). The summed E-state index contributed by atoms with van der Waals surface area (Å²) in [5, 5.41) is 3.67. The lowest BCUT2D eigenvalue weighted by Gasteiger charge is -2.18. The van der Waals surface area contributed by atoms with Crippen molar-refractivity contribution in [1.29, 1.82) is 0 Å². The molecule has 1 saturated carbocycles. The molecule has 1 aliphatic carbocycles. The monoisotopic (exact) mass is 251 g/mol. The smallest absolute Gasteiger partial charge is 0.0266 e. The molecule has 0 saturated heterocycles. The highest BCUT2D eigenvalue weighted by Crippen LogP contribution is 2.26. The van der Waals surface area contributed by atoms with Crippen LogP contribution in [0.5, 0.6) is 0 Å². The molecule has 2 heteroatoms. The molecule has 1 N–H and O–H groups in total. The number of benzene rings is 1. The first kappa shape index (κ1) is 12.9. The van der Waals surface area contributed by atoms with Crippen LogP contribution >= 0.6 is 11.6 Å². The summed E-state index contributed by atoms with van der Waals surface area (Å²) < 4.78 is 0. The molecule has 0 spiro atoms. The summed E-state index contributed by atoms with van der Waals surface area (Å²) in [6.07, 6.45) is 6.35. The maximum atomic E-state index is 5.97. The molecule has 0 aromatic heterocycles. The Hall–Kier alpha value is -0.530. The fourth-order valence-electron chi connectivity index (χ4n) is 2.71. The van der Waals surface area contributed by atoms with Crippen LogP contribution in [-0.2, 0) is 6.42 Å². The second-order valence-electron chi connectivity index (χ2n) is 5.00. The van der Waals surface area contributed by atoms with E-state index in [0.717, 1.165) is 12.4 Å². The molecule has 2 atom stereocenters. The second kappa shape index (κ2) is 7.03. The summed E-state index contributed by atoms with van der Waals surface area (Å²) in [7, 11) is 0. The molecule has 1 aliphatic rings. The van der Waals surface area contributed by atoms with E-state index >= 15 is 0 Å². The Bertz CT molecular complexity index is 312. The van der Waals surface area contributed by atoms with Crippen LogP contribution in [0.25, 0.3) is 0 Å². The van der Waals surface area contributed by atoms with E-state index in [9.17, 15) is 0 Å². The minimum atomic E-state index is 0.670. The average molecular weight is 252 g/mol. The van der Waals surface area contributed by atoms with Gasteiger partial charge in [-0.25, -0.2) is 0 Å². The van der Waals surface area contributed by atoms with Crippen LogP contribution in [0.1, 0.15) is 31.2 Å². The van der Waals surface area contributed by atoms with E-state index in [-0.39, 0.29) is 0 Å². The van der Waals surface area contributed by atoms with E-state index in [0.29, 0.717) is 12.0 Å². The summed E-state index contributed by atoms with van der Waals surface area (Å²) in [5.41, 5.74) is 1.44. The lowest BCUT2D eigenvalue weighted by atomic mass is 10.1. The van der Waals surface area contributed by atoms with Gasteiger partial charge in [-0.2, -0.15) is 0 Å². The first-order valence-electron chi connectivity index (χ1n) is 6.73. The Labute approximate surface area is 110 Å². The SMILES string of the molecule is ClCC1CCCC1NCCCc1ccccc1. The van der Waals surface area contributed by atoms with E-state index < -0.39 is 0 Å². The third-order valence-corrected chi connectivity index (χ3v) is 4.15. The zero-order valence-electron chi connectivity index (χ0n) is 10.4. The number of hydrogen-bond donors (Lipinski definition) is 1. The molecule has 1 aromatic rings. The summed E-state index contributed by atoms with van der Waals surface area (Å²) in [5.74, 6) is 1.52. The van der Waals surface area contributed by atoms with Gasteiger partial charge in [-0.1, -0.05) is 36.8 Å². The first-order valence-corrected chi connectivity index (χ1v) is 7.27.